The molecule has 1 aromatic carbocycles. The summed E-state index contributed by atoms with van der Waals surface area (Å²) in [5, 5.41) is 9.51. The Labute approximate surface area is 152 Å². The maximum Gasteiger partial charge on any atom is 0.224 e. The van der Waals surface area contributed by atoms with E-state index in [1.807, 2.05) is 23.6 Å². The number of piperidine rings is 1. The maximum absolute atomic E-state index is 12.4. The molecular formula is C18H22ClN3OS. The first kappa shape index (κ1) is 17.4. The summed E-state index contributed by atoms with van der Waals surface area (Å²) >= 11 is 1.63. The fourth-order valence-electron chi connectivity index (χ4n) is 3.60. The van der Waals surface area contributed by atoms with Gasteiger partial charge in [0, 0.05) is 16.9 Å². The lowest BCUT2D eigenvalue weighted by atomic mass is 9.92. The molecule has 1 aromatic heterocycles. The number of nitrogens with one attached hydrogen (secondary N) is 2. The molecule has 2 fully saturated rings. The fourth-order valence-corrected chi connectivity index (χ4v) is 4.42. The van der Waals surface area contributed by atoms with Gasteiger partial charge in [0.1, 0.15) is 5.01 Å². The lowest BCUT2D eigenvalue weighted by Gasteiger charge is -2.23. The predicted octanol–water partition coefficient (Wildman–Crippen LogP) is 3.24. The highest BCUT2D eigenvalue weighted by Crippen LogP contribution is 2.58. The van der Waals surface area contributed by atoms with E-state index < -0.39 is 0 Å². The van der Waals surface area contributed by atoms with Gasteiger partial charge in [-0.1, -0.05) is 30.3 Å². The highest BCUT2D eigenvalue weighted by atomic mass is 35.5. The highest BCUT2D eigenvalue weighted by molar-refractivity contribution is 7.13. The molecule has 0 bridgehead atoms. The van der Waals surface area contributed by atoms with Crippen LogP contribution >= 0.6 is 23.7 Å². The van der Waals surface area contributed by atoms with Crippen molar-refractivity contribution in [2.75, 3.05) is 13.1 Å². The third kappa shape index (κ3) is 3.48. The first-order valence-corrected chi connectivity index (χ1v) is 9.13. The van der Waals surface area contributed by atoms with E-state index in [9.17, 15) is 4.79 Å². The molecule has 2 N–H and O–H groups in total. The zero-order valence-corrected chi connectivity index (χ0v) is 15.1. The average molecular weight is 364 g/mol. The van der Waals surface area contributed by atoms with Gasteiger partial charge >= 0.3 is 0 Å². The number of benzene rings is 1. The van der Waals surface area contributed by atoms with Crippen LogP contribution in [0.4, 0.5) is 0 Å². The quantitative estimate of drug-likeness (QED) is 0.876. The Morgan fingerprint density at radius 3 is 2.79 bits per heavy atom. The van der Waals surface area contributed by atoms with E-state index in [0.29, 0.717) is 12.0 Å². The van der Waals surface area contributed by atoms with E-state index in [-0.39, 0.29) is 24.2 Å². The number of carbonyl (C=O) groups excluding carboxylic acids is 1. The zero-order valence-electron chi connectivity index (χ0n) is 13.5. The topological polar surface area (TPSA) is 54.0 Å². The van der Waals surface area contributed by atoms with Gasteiger partial charge in [0.2, 0.25) is 5.91 Å². The van der Waals surface area contributed by atoms with Crippen molar-refractivity contribution in [3.8, 4) is 10.6 Å². The van der Waals surface area contributed by atoms with Gasteiger partial charge < -0.3 is 10.6 Å². The van der Waals surface area contributed by atoms with E-state index in [1.54, 1.807) is 11.3 Å². The minimum absolute atomic E-state index is 0. The van der Waals surface area contributed by atoms with Gasteiger partial charge in [-0.15, -0.1) is 23.7 Å². The molecule has 1 atom stereocenters. The van der Waals surface area contributed by atoms with Crippen LogP contribution in [0.1, 0.15) is 25.0 Å². The lowest BCUT2D eigenvalue weighted by Crippen LogP contribution is -2.33. The molecule has 2 aliphatic rings. The van der Waals surface area contributed by atoms with Crippen LogP contribution in [-0.2, 0) is 11.3 Å². The monoisotopic (exact) mass is 363 g/mol. The number of amides is 1. The third-order valence-corrected chi connectivity index (χ3v) is 6.06. The Morgan fingerprint density at radius 2 is 2.04 bits per heavy atom. The Hall–Kier alpha value is -1.43. The number of rotatable bonds is 4. The molecule has 1 unspecified atom stereocenters. The summed E-state index contributed by atoms with van der Waals surface area (Å²) in [6.45, 7) is 2.64. The SMILES string of the molecule is Cl.O=C(NCc1csc(-c2ccccc2)n1)C1CC12CCNCC2. The van der Waals surface area contributed by atoms with Crippen molar-refractivity contribution in [1.29, 1.82) is 0 Å². The van der Waals surface area contributed by atoms with Gasteiger partial charge in [0.05, 0.1) is 12.2 Å². The average Bonchev–Trinajstić information content (AvgIpc) is 3.08. The van der Waals surface area contributed by atoms with Gasteiger partial charge in [-0.2, -0.15) is 0 Å². The van der Waals surface area contributed by atoms with E-state index in [4.69, 9.17) is 0 Å². The van der Waals surface area contributed by atoms with Crippen molar-refractivity contribution >= 4 is 29.7 Å². The van der Waals surface area contributed by atoms with Gasteiger partial charge in [-0.25, -0.2) is 4.98 Å². The van der Waals surface area contributed by atoms with Crippen LogP contribution in [0.25, 0.3) is 10.6 Å². The van der Waals surface area contributed by atoms with Crippen LogP contribution in [0.3, 0.4) is 0 Å². The van der Waals surface area contributed by atoms with Crippen molar-refractivity contribution in [1.82, 2.24) is 15.6 Å². The van der Waals surface area contributed by atoms with Crippen LogP contribution in [0.15, 0.2) is 35.7 Å². The van der Waals surface area contributed by atoms with Gasteiger partial charge in [-0.05, 0) is 37.8 Å². The number of hydrogen-bond acceptors (Lipinski definition) is 4. The molecule has 1 spiro atoms. The maximum atomic E-state index is 12.4. The third-order valence-electron chi connectivity index (χ3n) is 5.12. The van der Waals surface area contributed by atoms with E-state index in [2.05, 4.69) is 27.8 Å². The van der Waals surface area contributed by atoms with Crippen molar-refractivity contribution < 1.29 is 4.79 Å². The van der Waals surface area contributed by atoms with Gasteiger partial charge in [0.25, 0.3) is 0 Å². The van der Waals surface area contributed by atoms with Crippen LogP contribution in [-0.4, -0.2) is 24.0 Å². The summed E-state index contributed by atoms with van der Waals surface area (Å²) in [5.74, 6) is 0.429. The van der Waals surface area contributed by atoms with Crippen molar-refractivity contribution in [3.63, 3.8) is 0 Å². The lowest BCUT2D eigenvalue weighted by molar-refractivity contribution is -0.123. The first-order valence-electron chi connectivity index (χ1n) is 8.25. The molecule has 4 rings (SSSR count). The number of nitrogens with zero attached hydrogens (tertiary/aromatic N) is 1. The Balaban J connectivity index is 0.00000169. The summed E-state index contributed by atoms with van der Waals surface area (Å²) in [6, 6.07) is 10.2. The standard InChI is InChI=1S/C18H21N3OS.ClH/c22-16(15-10-18(15)6-8-19-9-7-18)20-11-14-12-23-17(21-14)13-4-2-1-3-5-13;/h1-5,12,15,19H,6-11H2,(H,20,22);1H. The Kier molecular flexibility index (Phi) is 5.23. The minimum Gasteiger partial charge on any atom is -0.350 e. The van der Waals surface area contributed by atoms with Crippen LogP contribution in [0, 0.1) is 11.3 Å². The van der Waals surface area contributed by atoms with E-state index in [0.717, 1.165) is 48.6 Å². The minimum atomic E-state index is 0. The van der Waals surface area contributed by atoms with Crippen molar-refractivity contribution in [2.24, 2.45) is 11.3 Å². The Bertz CT molecular complexity index is 697. The highest BCUT2D eigenvalue weighted by Gasteiger charge is 2.57. The molecule has 128 valence electrons. The molecule has 4 nitrogen and oxygen atoms in total. The Morgan fingerprint density at radius 1 is 1.29 bits per heavy atom. The smallest absolute Gasteiger partial charge is 0.224 e. The molecule has 1 aliphatic heterocycles. The van der Waals surface area contributed by atoms with Crippen molar-refractivity contribution in [2.45, 2.75) is 25.8 Å². The summed E-state index contributed by atoms with van der Waals surface area (Å²) in [7, 11) is 0. The number of aromatic nitrogens is 1. The number of thiazole rings is 1. The molecule has 1 amide bonds. The van der Waals surface area contributed by atoms with Crippen LogP contribution in [0.2, 0.25) is 0 Å². The summed E-state index contributed by atoms with van der Waals surface area (Å²) < 4.78 is 0. The second-order valence-electron chi connectivity index (χ2n) is 6.60. The second kappa shape index (κ2) is 7.21. The molecule has 6 heteroatoms. The number of hydrogen-bond donors (Lipinski definition) is 2. The first-order chi connectivity index (χ1) is 11.3. The number of halogens is 1. The normalized spacial score (nSPS) is 21.1. The predicted molar refractivity (Wildman–Crippen MR) is 99.3 cm³/mol. The van der Waals surface area contributed by atoms with Crippen LogP contribution in [0.5, 0.6) is 0 Å². The molecule has 0 radical (unpaired) electrons. The molecule has 24 heavy (non-hydrogen) atoms. The van der Waals surface area contributed by atoms with Crippen molar-refractivity contribution in [3.05, 3.63) is 41.4 Å². The van der Waals surface area contributed by atoms with Crippen LogP contribution < -0.4 is 10.6 Å². The summed E-state index contributed by atoms with van der Waals surface area (Å²) in [6.07, 6.45) is 3.34. The number of carbonyl (C=O) groups is 1. The molecule has 1 aliphatic carbocycles. The molecule has 2 aromatic rings. The molecule has 2 heterocycles. The van der Waals surface area contributed by atoms with Gasteiger partial charge in [-0.3, -0.25) is 4.79 Å². The molecular weight excluding hydrogens is 342 g/mol. The zero-order chi connectivity index (χ0) is 15.7. The van der Waals surface area contributed by atoms with E-state index >= 15 is 0 Å². The fraction of sp³-hybridized carbons (Fsp3) is 0.444. The molecule has 1 saturated carbocycles. The van der Waals surface area contributed by atoms with E-state index in [1.165, 1.54) is 0 Å². The summed E-state index contributed by atoms with van der Waals surface area (Å²) in [5.41, 5.74) is 2.38. The summed E-state index contributed by atoms with van der Waals surface area (Å²) in [4.78, 5) is 17.0. The largest absolute Gasteiger partial charge is 0.350 e. The van der Waals surface area contributed by atoms with Gasteiger partial charge in [0.15, 0.2) is 0 Å². The second-order valence-corrected chi connectivity index (χ2v) is 7.46. The molecule has 1 saturated heterocycles.